The van der Waals surface area contributed by atoms with Crippen molar-refractivity contribution in [2.24, 2.45) is 4.99 Å². The summed E-state index contributed by atoms with van der Waals surface area (Å²) in [7, 11) is 0. The van der Waals surface area contributed by atoms with Crippen LogP contribution in [-0.4, -0.2) is 42.4 Å². The van der Waals surface area contributed by atoms with Gasteiger partial charge in [-0.15, -0.1) is 0 Å². The fraction of sp³-hybridized carbons (Fsp3) is 0.429. The molecule has 1 aliphatic heterocycles. The number of hydrogen-bond acceptors (Lipinski definition) is 3. The molecule has 1 aromatic carbocycles. The molecule has 0 bridgehead atoms. The fourth-order valence-electron chi connectivity index (χ4n) is 2.08. The van der Waals surface area contributed by atoms with E-state index in [2.05, 4.69) is 4.99 Å². The van der Waals surface area contributed by atoms with E-state index in [4.69, 9.17) is 4.74 Å². The highest BCUT2D eigenvalue weighted by Gasteiger charge is 2.28. The van der Waals surface area contributed by atoms with Crippen molar-refractivity contribution in [1.82, 2.24) is 4.90 Å². The van der Waals surface area contributed by atoms with Crippen LogP contribution in [0, 0.1) is 5.82 Å². The first-order chi connectivity index (χ1) is 9.13. The summed E-state index contributed by atoms with van der Waals surface area (Å²) in [6.45, 7) is 5.38. The van der Waals surface area contributed by atoms with Gasteiger partial charge in [0.15, 0.2) is 0 Å². The fourth-order valence-corrected chi connectivity index (χ4v) is 2.08. The van der Waals surface area contributed by atoms with Crippen molar-refractivity contribution in [1.29, 1.82) is 0 Å². The predicted molar refractivity (Wildman–Crippen MR) is 70.8 cm³/mol. The van der Waals surface area contributed by atoms with Crippen LogP contribution in [0.4, 0.5) is 4.39 Å². The molecule has 1 aliphatic rings. The number of amides is 1. The summed E-state index contributed by atoms with van der Waals surface area (Å²) < 4.78 is 18.3. The summed E-state index contributed by atoms with van der Waals surface area (Å²) in [6.07, 6.45) is 0. The Hall–Kier alpha value is -1.91. The Morgan fingerprint density at radius 1 is 1.47 bits per heavy atom. The Bertz CT molecular complexity index is 485. The zero-order valence-corrected chi connectivity index (χ0v) is 11.1. The number of hydrogen-bond donors (Lipinski definition) is 0. The number of benzene rings is 1. The normalized spacial score (nSPS) is 19.0. The summed E-state index contributed by atoms with van der Waals surface area (Å²) in [5.41, 5.74) is 0.478. The Labute approximate surface area is 111 Å². The van der Waals surface area contributed by atoms with Crippen LogP contribution >= 0.6 is 0 Å². The second-order valence-corrected chi connectivity index (χ2v) is 4.33. The molecule has 1 aromatic rings. The van der Waals surface area contributed by atoms with Crippen molar-refractivity contribution in [2.45, 2.75) is 19.9 Å². The third kappa shape index (κ3) is 2.92. The smallest absolute Gasteiger partial charge is 0.254 e. The molecule has 1 heterocycles. The molecule has 1 unspecified atom stereocenters. The van der Waals surface area contributed by atoms with E-state index in [0.29, 0.717) is 31.2 Å². The van der Waals surface area contributed by atoms with Gasteiger partial charge in [-0.2, -0.15) is 0 Å². The van der Waals surface area contributed by atoms with E-state index in [1.54, 1.807) is 4.90 Å². The molecule has 19 heavy (non-hydrogen) atoms. The van der Waals surface area contributed by atoms with Crippen molar-refractivity contribution in [2.75, 3.05) is 19.7 Å². The van der Waals surface area contributed by atoms with Gasteiger partial charge in [0.1, 0.15) is 11.9 Å². The molecule has 2 rings (SSSR count). The molecule has 0 aromatic heterocycles. The van der Waals surface area contributed by atoms with E-state index in [0.717, 1.165) is 0 Å². The topological polar surface area (TPSA) is 41.9 Å². The van der Waals surface area contributed by atoms with E-state index in [1.165, 1.54) is 24.3 Å². The molecule has 1 atom stereocenters. The van der Waals surface area contributed by atoms with Crippen molar-refractivity contribution >= 4 is 11.8 Å². The lowest BCUT2D eigenvalue weighted by Gasteiger charge is -2.32. The number of rotatable bonds is 2. The standard InChI is InChI=1S/C14H17FN2O2/c1-3-19-13-10(2)17(9-8-16-13)14(18)11-4-6-12(15)7-5-11/h4-7,10H,3,8-9H2,1-2H3. The van der Waals surface area contributed by atoms with Crippen LogP contribution < -0.4 is 0 Å². The van der Waals surface area contributed by atoms with Crippen LogP contribution in [0.1, 0.15) is 24.2 Å². The highest BCUT2D eigenvalue weighted by molar-refractivity contribution is 5.97. The minimum atomic E-state index is -0.347. The number of halogens is 1. The molecule has 0 spiro atoms. The first-order valence-electron chi connectivity index (χ1n) is 6.37. The van der Waals surface area contributed by atoms with Crippen molar-refractivity contribution in [3.05, 3.63) is 35.6 Å². The highest BCUT2D eigenvalue weighted by Crippen LogP contribution is 2.14. The van der Waals surface area contributed by atoms with E-state index >= 15 is 0 Å². The monoisotopic (exact) mass is 264 g/mol. The number of aliphatic imine (C=N–C) groups is 1. The Morgan fingerprint density at radius 2 is 2.16 bits per heavy atom. The highest BCUT2D eigenvalue weighted by atomic mass is 19.1. The summed E-state index contributed by atoms with van der Waals surface area (Å²) >= 11 is 0. The van der Waals surface area contributed by atoms with Gasteiger partial charge in [-0.25, -0.2) is 4.39 Å². The molecule has 0 fully saturated rings. The second-order valence-electron chi connectivity index (χ2n) is 4.33. The summed E-state index contributed by atoms with van der Waals surface area (Å²) in [4.78, 5) is 18.3. The minimum Gasteiger partial charge on any atom is -0.480 e. The van der Waals surface area contributed by atoms with E-state index in [9.17, 15) is 9.18 Å². The maximum atomic E-state index is 12.9. The first kappa shape index (κ1) is 13.5. The van der Waals surface area contributed by atoms with Crippen LogP contribution in [0.25, 0.3) is 0 Å². The van der Waals surface area contributed by atoms with E-state index in [-0.39, 0.29) is 17.8 Å². The van der Waals surface area contributed by atoms with Crippen molar-refractivity contribution in [3.63, 3.8) is 0 Å². The molecule has 4 nitrogen and oxygen atoms in total. The van der Waals surface area contributed by atoms with Crippen LogP contribution in [-0.2, 0) is 4.74 Å². The van der Waals surface area contributed by atoms with E-state index in [1.807, 2.05) is 13.8 Å². The quantitative estimate of drug-likeness (QED) is 0.821. The molecule has 0 radical (unpaired) electrons. The van der Waals surface area contributed by atoms with Crippen LogP contribution in [0.5, 0.6) is 0 Å². The molecule has 0 saturated carbocycles. The van der Waals surface area contributed by atoms with Gasteiger partial charge >= 0.3 is 0 Å². The number of carbonyl (C=O) groups is 1. The predicted octanol–water partition coefficient (Wildman–Crippen LogP) is 2.10. The largest absolute Gasteiger partial charge is 0.480 e. The van der Waals surface area contributed by atoms with Gasteiger partial charge in [-0.1, -0.05) is 0 Å². The molecule has 0 saturated heterocycles. The van der Waals surface area contributed by atoms with Gasteiger partial charge in [0.25, 0.3) is 5.91 Å². The molecule has 0 aliphatic carbocycles. The molecular weight excluding hydrogens is 247 g/mol. The lowest BCUT2D eigenvalue weighted by atomic mass is 10.1. The molecule has 1 amide bonds. The summed E-state index contributed by atoms with van der Waals surface area (Å²) in [5.74, 6) is 0.114. The maximum Gasteiger partial charge on any atom is 0.254 e. The zero-order chi connectivity index (χ0) is 13.8. The van der Waals surface area contributed by atoms with Crippen LogP contribution in [0.3, 0.4) is 0 Å². The molecule has 5 heteroatoms. The third-order valence-corrected chi connectivity index (χ3v) is 3.08. The Kier molecular flexibility index (Phi) is 4.14. The van der Waals surface area contributed by atoms with Gasteiger partial charge in [-0.05, 0) is 38.1 Å². The Morgan fingerprint density at radius 3 is 2.79 bits per heavy atom. The minimum absolute atomic E-state index is 0.125. The van der Waals surface area contributed by atoms with Gasteiger partial charge in [0.2, 0.25) is 5.90 Å². The molecule has 102 valence electrons. The SMILES string of the molecule is CCOC1=NCCN(C(=O)c2ccc(F)cc2)C1C. The van der Waals surface area contributed by atoms with Crippen molar-refractivity contribution < 1.29 is 13.9 Å². The van der Waals surface area contributed by atoms with Gasteiger partial charge in [0, 0.05) is 12.1 Å². The van der Waals surface area contributed by atoms with Crippen LogP contribution in [0.2, 0.25) is 0 Å². The lowest BCUT2D eigenvalue weighted by molar-refractivity contribution is 0.0709. The first-order valence-corrected chi connectivity index (χ1v) is 6.37. The molecule has 0 N–H and O–H groups in total. The maximum absolute atomic E-state index is 12.9. The average molecular weight is 264 g/mol. The van der Waals surface area contributed by atoms with Gasteiger partial charge in [0.05, 0.1) is 13.2 Å². The third-order valence-electron chi connectivity index (χ3n) is 3.08. The zero-order valence-electron chi connectivity index (χ0n) is 11.1. The summed E-state index contributed by atoms with van der Waals surface area (Å²) in [5, 5.41) is 0. The van der Waals surface area contributed by atoms with Crippen molar-refractivity contribution in [3.8, 4) is 0 Å². The number of carbonyl (C=O) groups excluding carboxylic acids is 1. The molecular formula is C14H17FN2O2. The van der Waals surface area contributed by atoms with Gasteiger partial charge < -0.3 is 9.64 Å². The lowest BCUT2D eigenvalue weighted by Crippen LogP contribution is -2.48. The van der Waals surface area contributed by atoms with E-state index < -0.39 is 0 Å². The Balaban J connectivity index is 2.15. The summed E-state index contributed by atoms with van der Waals surface area (Å²) in [6, 6.07) is 5.39. The average Bonchev–Trinajstić information content (AvgIpc) is 2.41. The second kappa shape index (κ2) is 5.82. The number of ether oxygens (including phenoxy) is 1. The number of nitrogens with zero attached hydrogens (tertiary/aromatic N) is 2. The van der Waals surface area contributed by atoms with Gasteiger partial charge in [-0.3, -0.25) is 9.79 Å². The van der Waals surface area contributed by atoms with Crippen LogP contribution in [0.15, 0.2) is 29.3 Å².